The van der Waals surface area contributed by atoms with Crippen molar-refractivity contribution in [1.82, 2.24) is 5.32 Å². The van der Waals surface area contributed by atoms with Gasteiger partial charge in [-0.15, -0.1) is 0 Å². The summed E-state index contributed by atoms with van der Waals surface area (Å²) in [6.45, 7) is 2.83. The molecule has 0 atom stereocenters. The van der Waals surface area contributed by atoms with Crippen molar-refractivity contribution in [1.29, 1.82) is 0 Å². The summed E-state index contributed by atoms with van der Waals surface area (Å²) in [4.78, 5) is 11.9. The van der Waals surface area contributed by atoms with Crippen LogP contribution in [0.25, 0.3) is 0 Å². The number of benzene rings is 2. The largest absolute Gasteiger partial charge is 0.497 e. The van der Waals surface area contributed by atoms with E-state index in [2.05, 4.69) is 5.32 Å². The fraction of sp³-hybridized carbons (Fsp3) is 0.316. The first-order valence-electron chi connectivity index (χ1n) is 7.87. The molecule has 0 unspecified atom stereocenters. The van der Waals surface area contributed by atoms with Crippen LogP contribution in [0.15, 0.2) is 42.5 Å². The molecular formula is C19H22ClNO3. The second-order valence-electron chi connectivity index (χ2n) is 5.46. The van der Waals surface area contributed by atoms with Crippen molar-refractivity contribution < 1.29 is 14.3 Å². The van der Waals surface area contributed by atoms with Crippen LogP contribution in [0.4, 0.5) is 0 Å². The van der Waals surface area contributed by atoms with Crippen LogP contribution in [0.2, 0.25) is 5.02 Å². The highest BCUT2D eigenvalue weighted by Crippen LogP contribution is 2.19. The summed E-state index contributed by atoms with van der Waals surface area (Å²) in [7, 11) is 1.61. The minimum atomic E-state index is 0.000870. The summed E-state index contributed by atoms with van der Waals surface area (Å²) in [5.74, 6) is 1.46. The van der Waals surface area contributed by atoms with Crippen LogP contribution in [0.3, 0.4) is 0 Å². The first-order valence-corrected chi connectivity index (χ1v) is 8.25. The van der Waals surface area contributed by atoms with Crippen molar-refractivity contribution in [2.75, 3.05) is 20.3 Å². The highest BCUT2D eigenvalue weighted by molar-refractivity contribution is 6.31. The van der Waals surface area contributed by atoms with E-state index in [0.717, 1.165) is 27.6 Å². The smallest absolute Gasteiger partial charge is 0.220 e. The zero-order valence-corrected chi connectivity index (χ0v) is 14.7. The summed E-state index contributed by atoms with van der Waals surface area (Å²) in [6, 6.07) is 13.3. The van der Waals surface area contributed by atoms with E-state index in [1.165, 1.54) is 0 Å². The van der Waals surface area contributed by atoms with Gasteiger partial charge in [0.2, 0.25) is 5.91 Å². The standard InChI is InChI=1S/C19H22ClNO3/c1-14-6-7-15(12-18(14)20)8-9-19(22)21-10-11-24-17-5-3-4-16(13-17)23-2/h3-7,12-13H,8-11H2,1-2H3,(H,21,22). The SMILES string of the molecule is COc1cccc(OCCNC(=O)CCc2ccc(C)c(Cl)c2)c1. The molecule has 0 radical (unpaired) electrons. The van der Waals surface area contributed by atoms with Gasteiger partial charge in [-0.2, -0.15) is 0 Å². The number of carbonyl (C=O) groups excluding carboxylic acids is 1. The number of aryl methyl sites for hydroxylation is 2. The van der Waals surface area contributed by atoms with Crippen molar-refractivity contribution in [2.45, 2.75) is 19.8 Å². The van der Waals surface area contributed by atoms with E-state index in [4.69, 9.17) is 21.1 Å². The van der Waals surface area contributed by atoms with Crippen LogP contribution >= 0.6 is 11.6 Å². The number of hydrogen-bond donors (Lipinski definition) is 1. The van der Waals surface area contributed by atoms with Crippen molar-refractivity contribution in [2.24, 2.45) is 0 Å². The van der Waals surface area contributed by atoms with Crippen LogP contribution in [0, 0.1) is 6.92 Å². The molecule has 0 aliphatic heterocycles. The monoisotopic (exact) mass is 347 g/mol. The quantitative estimate of drug-likeness (QED) is 0.739. The lowest BCUT2D eigenvalue weighted by Crippen LogP contribution is -2.28. The Bertz CT molecular complexity index is 688. The molecule has 1 N–H and O–H groups in total. The van der Waals surface area contributed by atoms with Gasteiger partial charge in [-0.3, -0.25) is 4.79 Å². The number of ether oxygens (including phenoxy) is 2. The minimum absolute atomic E-state index is 0.000870. The summed E-state index contributed by atoms with van der Waals surface area (Å²) >= 11 is 6.09. The number of methoxy groups -OCH3 is 1. The van der Waals surface area contributed by atoms with E-state index in [0.29, 0.717) is 26.0 Å². The third-order valence-electron chi connectivity index (χ3n) is 3.61. The number of amides is 1. The Balaban J connectivity index is 1.66. The molecular weight excluding hydrogens is 326 g/mol. The summed E-state index contributed by atoms with van der Waals surface area (Å²) in [5.41, 5.74) is 2.10. The third kappa shape index (κ3) is 5.78. The Labute approximate surface area is 147 Å². The lowest BCUT2D eigenvalue weighted by Gasteiger charge is -2.09. The lowest BCUT2D eigenvalue weighted by molar-refractivity contribution is -0.121. The molecule has 0 aliphatic carbocycles. The van der Waals surface area contributed by atoms with Crippen LogP contribution in [-0.4, -0.2) is 26.2 Å². The Morgan fingerprint density at radius 1 is 1.17 bits per heavy atom. The fourth-order valence-electron chi connectivity index (χ4n) is 2.19. The average molecular weight is 348 g/mol. The molecule has 0 saturated carbocycles. The Morgan fingerprint density at radius 3 is 2.71 bits per heavy atom. The number of carbonyl (C=O) groups is 1. The highest BCUT2D eigenvalue weighted by Gasteiger charge is 2.04. The van der Waals surface area contributed by atoms with Gasteiger partial charge in [0.25, 0.3) is 0 Å². The molecule has 0 bridgehead atoms. The topological polar surface area (TPSA) is 47.6 Å². The van der Waals surface area contributed by atoms with E-state index >= 15 is 0 Å². The van der Waals surface area contributed by atoms with Crippen LogP contribution < -0.4 is 14.8 Å². The van der Waals surface area contributed by atoms with Crippen LogP contribution in [0.1, 0.15) is 17.5 Å². The van der Waals surface area contributed by atoms with E-state index in [1.807, 2.05) is 49.4 Å². The Kier molecular flexibility index (Phi) is 6.94. The van der Waals surface area contributed by atoms with Crippen LogP contribution in [0.5, 0.6) is 11.5 Å². The average Bonchev–Trinajstić information content (AvgIpc) is 2.60. The maximum atomic E-state index is 11.9. The molecule has 0 aromatic heterocycles. The van der Waals surface area contributed by atoms with Crippen molar-refractivity contribution >= 4 is 17.5 Å². The van der Waals surface area contributed by atoms with Gasteiger partial charge in [0, 0.05) is 17.5 Å². The first-order chi connectivity index (χ1) is 11.6. The summed E-state index contributed by atoms with van der Waals surface area (Å²) in [5, 5.41) is 3.59. The first kappa shape index (κ1) is 18.1. The van der Waals surface area contributed by atoms with Gasteiger partial charge in [0.15, 0.2) is 0 Å². The van der Waals surface area contributed by atoms with Gasteiger partial charge < -0.3 is 14.8 Å². The second kappa shape index (κ2) is 9.18. The molecule has 2 aromatic carbocycles. The Morgan fingerprint density at radius 2 is 1.96 bits per heavy atom. The van der Waals surface area contributed by atoms with Crippen molar-refractivity contribution in [3.63, 3.8) is 0 Å². The van der Waals surface area contributed by atoms with Gasteiger partial charge >= 0.3 is 0 Å². The predicted octanol–water partition coefficient (Wildman–Crippen LogP) is 3.78. The van der Waals surface area contributed by atoms with Gasteiger partial charge in [0.1, 0.15) is 18.1 Å². The molecule has 0 fully saturated rings. The summed E-state index contributed by atoms with van der Waals surface area (Å²) in [6.07, 6.45) is 1.10. The molecule has 0 spiro atoms. The van der Waals surface area contributed by atoms with Gasteiger partial charge in [0.05, 0.1) is 13.7 Å². The molecule has 0 heterocycles. The maximum Gasteiger partial charge on any atom is 0.220 e. The molecule has 1 amide bonds. The molecule has 24 heavy (non-hydrogen) atoms. The number of hydrogen-bond acceptors (Lipinski definition) is 3. The number of rotatable bonds is 8. The molecule has 128 valence electrons. The maximum absolute atomic E-state index is 11.9. The van der Waals surface area contributed by atoms with Gasteiger partial charge in [-0.25, -0.2) is 0 Å². The zero-order chi connectivity index (χ0) is 17.4. The van der Waals surface area contributed by atoms with Gasteiger partial charge in [-0.1, -0.05) is 29.8 Å². The van der Waals surface area contributed by atoms with Crippen molar-refractivity contribution in [3.8, 4) is 11.5 Å². The van der Waals surface area contributed by atoms with E-state index in [9.17, 15) is 4.79 Å². The number of nitrogens with one attached hydrogen (secondary N) is 1. The van der Waals surface area contributed by atoms with E-state index in [-0.39, 0.29) is 5.91 Å². The summed E-state index contributed by atoms with van der Waals surface area (Å²) < 4.78 is 10.7. The van der Waals surface area contributed by atoms with Crippen molar-refractivity contribution in [3.05, 3.63) is 58.6 Å². The van der Waals surface area contributed by atoms with Gasteiger partial charge in [-0.05, 0) is 42.7 Å². The molecule has 5 heteroatoms. The molecule has 0 aliphatic rings. The predicted molar refractivity (Wildman–Crippen MR) is 96.0 cm³/mol. The minimum Gasteiger partial charge on any atom is -0.497 e. The van der Waals surface area contributed by atoms with E-state index < -0.39 is 0 Å². The molecule has 4 nitrogen and oxygen atoms in total. The lowest BCUT2D eigenvalue weighted by atomic mass is 10.1. The Hall–Kier alpha value is -2.20. The highest BCUT2D eigenvalue weighted by atomic mass is 35.5. The second-order valence-corrected chi connectivity index (χ2v) is 5.87. The van der Waals surface area contributed by atoms with Crippen LogP contribution in [-0.2, 0) is 11.2 Å². The molecule has 0 saturated heterocycles. The van der Waals surface area contributed by atoms with E-state index in [1.54, 1.807) is 7.11 Å². The number of halogens is 1. The third-order valence-corrected chi connectivity index (χ3v) is 4.02. The fourth-order valence-corrected chi connectivity index (χ4v) is 2.39. The molecule has 2 aromatic rings. The zero-order valence-electron chi connectivity index (χ0n) is 14.0. The molecule has 2 rings (SSSR count). The normalized spacial score (nSPS) is 10.3.